The molecule has 55 heavy (non-hydrogen) atoms. The van der Waals surface area contributed by atoms with Crippen LogP contribution in [0.15, 0.2) is 84.9 Å². The van der Waals surface area contributed by atoms with Gasteiger partial charge in [-0.2, -0.15) is 0 Å². The van der Waals surface area contributed by atoms with Crippen molar-refractivity contribution < 1.29 is 56.3 Å². The first-order valence-corrected chi connectivity index (χ1v) is 20.3. The summed E-state index contributed by atoms with van der Waals surface area (Å²) in [5.41, 5.74) is 1.91. The van der Waals surface area contributed by atoms with Crippen LogP contribution in [-0.2, 0) is 59.9 Å². The monoisotopic (exact) mass is 779 g/mol. The molecule has 5 rings (SSSR count). The maximum atomic E-state index is 14.4. The predicted molar refractivity (Wildman–Crippen MR) is 201 cm³/mol. The molecule has 0 unspecified atom stereocenters. The average Bonchev–Trinajstić information content (AvgIpc) is 3.44. The lowest BCUT2D eigenvalue weighted by molar-refractivity contribution is -0.280. The van der Waals surface area contributed by atoms with Gasteiger partial charge in [-0.05, 0) is 43.0 Å². The molecule has 0 saturated carbocycles. The van der Waals surface area contributed by atoms with Gasteiger partial charge in [-0.3, -0.25) is 32.9 Å². The van der Waals surface area contributed by atoms with E-state index >= 15 is 0 Å². The summed E-state index contributed by atoms with van der Waals surface area (Å²) in [5.74, 6) is -2.11. The van der Waals surface area contributed by atoms with Gasteiger partial charge in [0.2, 0.25) is 0 Å². The number of benzene rings is 3. The second kappa shape index (κ2) is 20.7. The van der Waals surface area contributed by atoms with E-state index in [9.17, 15) is 23.7 Å². The summed E-state index contributed by atoms with van der Waals surface area (Å²) in [7, 11) is -4.43. The Morgan fingerprint density at radius 2 is 1.24 bits per heavy atom. The summed E-state index contributed by atoms with van der Waals surface area (Å²) < 4.78 is 57.6. The van der Waals surface area contributed by atoms with E-state index in [1.807, 2.05) is 74.5 Å². The highest BCUT2D eigenvalue weighted by molar-refractivity contribution is 7.48. The zero-order chi connectivity index (χ0) is 39.2. The van der Waals surface area contributed by atoms with Crippen LogP contribution in [0.4, 0.5) is 0 Å². The highest BCUT2D eigenvalue weighted by Gasteiger charge is 2.57. The highest BCUT2D eigenvalue weighted by Crippen LogP contribution is 2.53. The number of phosphoric ester groups is 1. The maximum absolute atomic E-state index is 14.4. The van der Waals surface area contributed by atoms with Gasteiger partial charge in [-0.1, -0.05) is 99.5 Å². The molecule has 3 aromatic carbocycles. The van der Waals surface area contributed by atoms with E-state index in [0.29, 0.717) is 12.8 Å². The first kappa shape index (κ1) is 42.1. The molecular formula is C41H50NO12P. The minimum Gasteiger partial charge on any atom is -0.463 e. The molecule has 5 atom stereocenters. The minimum atomic E-state index is -4.43. The topological polar surface area (TPSA) is 153 Å². The summed E-state index contributed by atoms with van der Waals surface area (Å²) in [6, 6.07) is 23.6. The number of hydrogen-bond acceptors (Lipinski definition) is 12. The second-order valence-corrected chi connectivity index (χ2v) is 15.0. The van der Waals surface area contributed by atoms with E-state index in [0.717, 1.165) is 28.9 Å². The van der Waals surface area contributed by atoms with E-state index in [1.54, 1.807) is 24.3 Å². The number of carbonyl (C=O) groups excluding carboxylic acids is 4. The van der Waals surface area contributed by atoms with Crippen molar-refractivity contribution in [1.82, 2.24) is 4.90 Å². The van der Waals surface area contributed by atoms with Crippen LogP contribution in [0.1, 0.15) is 91.1 Å². The summed E-state index contributed by atoms with van der Waals surface area (Å²) in [4.78, 5) is 53.9. The molecule has 1 saturated heterocycles. The number of esters is 1. The van der Waals surface area contributed by atoms with Crippen LogP contribution in [-0.4, -0.2) is 78.9 Å². The normalized spacial score (nSPS) is 21.1. The molecule has 0 radical (unpaired) electrons. The van der Waals surface area contributed by atoms with E-state index in [1.165, 1.54) is 6.92 Å². The third kappa shape index (κ3) is 11.5. The fraction of sp³-hybridized carbons (Fsp3) is 0.463. The second-order valence-electron chi connectivity index (χ2n) is 13.4. The molecule has 1 fully saturated rings. The molecule has 296 valence electrons. The van der Waals surface area contributed by atoms with Gasteiger partial charge >= 0.3 is 13.8 Å². The van der Waals surface area contributed by atoms with E-state index < -0.39 is 62.9 Å². The van der Waals surface area contributed by atoms with Crippen LogP contribution in [0, 0.1) is 0 Å². The number of imide groups is 1. The SMILES string of the molecule is CCCCOP(=O)(OCCCC)O[C@@H]1O[C@H](COC(=O)CCC(C)=O)[C@@H](OCc2ccccc2)[C@H](OCc2ccccc2)[C@H]1N1C(=O)c2ccccc2C1=O. The summed E-state index contributed by atoms with van der Waals surface area (Å²) >= 11 is 0. The molecule has 13 nitrogen and oxygen atoms in total. The number of ketones is 1. The van der Waals surface area contributed by atoms with Gasteiger partial charge < -0.3 is 23.7 Å². The van der Waals surface area contributed by atoms with Crippen LogP contribution in [0.25, 0.3) is 0 Å². The Morgan fingerprint density at radius 3 is 1.75 bits per heavy atom. The number of carbonyl (C=O) groups is 4. The quantitative estimate of drug-likeness (QED) is 0.0438. The summed E-state index contributed by atoms with van der Waals surface area (Å²) in [5, 5.41) is 0. The number of nitrogens with zero attached hydrogens (tertiary/aromatic N) is 1. The molecular weight excluding hydrogens is 729 g/mol. The van der Waals surface area contributed by atoms with Crippen LogP contribution in [0.3, 0.4) is 0 Å². The molecule has 2 amide bonds. The van der Waals surface area contributed by atoms with Gasteiger partial charge in [0.1, 0.15) is 36.7 Å². The van der Waals surface area contributed by atoms with E-state index in [-0.39, 0.29) is 56.2 Å². The number of ether oxygens (including phenoxy) is 4. The Labute approximate surface area is 322 Å². The number of amides is 2. The third-order valence-corrected chi connectivity index (χ3v) is 10.6. The molecule has 14 heteroatoms. The number of Topliss-reactive ketones (excluding diaryl/α,β-unsaturated/α-hetero) is 1. The van der Waals surface area contributed by atoms with Crippen LogP contribution in [0.5, 0.6) is 0 Å². The fourth-order valence-corrected chi connectivity index (χ4v) is 7.51. The number of rotatable bonds is 22. The zero-order valence-electron chi connectivity index (χ0n) is 31.5. The molecule has 0 aromatic heterocycles. The third-order valence-electron chi connectivity index (χ3n) is 9.13. The van der Waals surface area contributed by atoms with Crippen molar-refractivity contribution in [3.8, 4) is 0 Å². The first-order valence-electron chi connectivity index (χ1n) is 18.8. The molecule has 0 aliphatic carbocycles. The summed E-state index contributed by atoms with van der Waals surface area (Å²) in [6.45, 7) is 5.01. The largest absolute Gasteiger partial charge is 0.477 e. The highest BCUT2D eigenvalue weighted by atomic mass is 31.2. The Balaban J connectivity index is 1.60. The molecule has 2 heterocycles. The Bertz CT molecular complexity index is 1720. The smallest absolute Gasteiger partial charge is 0.463 e. The van der Waals surface area contributed by atoms with Gasteiger partial charge in [-0.15, -0.1) is 0 Å². The van der Waals surface area contributed by atoms with Gasteiger partial charge in [0.25, 0.3) is 11.8 Å². The van der Waals surface area contributed by atoms with Crippen molar-refractivity contribution in [3.63, 3.8) is 0 Å². The average molecular weight is 780 g/mol. The maximum Gasteiger partial charge on any atom is 0.477 e. The van der Waals surface area contributed by atoms with E-state index in [2.05, 4.69) is 0 Å². The number of unbranched alkanes of at least 4 members (excludes halogenated alkanes) is 2. The molecule has 0 N–H and O–H groups in total. The minimum absolute atomic E-state index is 0.00583. The van der Waals surface area contributed by atoms with Crippen LogP contribution in [0.2, 0.25) is 0 Å². The molecule has 0 spiro atoms. The number of phosphoric acid groups is 1. The molecule has 0 bridgehead atoms. The van der Waals surface area contributed by atoms with Crippen molar-refractivity contribution in [2.45, 2.75) is 103 Å². The zero-order valence-corrected chi connectivity index (χ0v) is 32.4. The Kier molecular flexibility index (Phi) is 15.9. The molecule has 3 aromatic rings. The lowest BCUT2D eigenvalue weighted by Gasteiger charge is -2.48. The van der Waals surface area contributed by atoms with Gasteiger partial charge in [-0.25, -0.2) is 4.57 Å². The van der Waals surface area contributed by atoms with Gasteiger partial charge in [0.15, 0.2) is 6.29 Å². The van der Waals surface area contributed by atoms with Crippen molar-refractivity contribution in [3.05, 3.63) is 107 Å². The van der Waals surface area contributed by atoms with Crippen LogP contribution >= 0.6 is 7.82 Å². The Hall–Kier alpha value is -4.07. The van der Waals surface area contributed by atoms with Crippen molar-refractivity contribution >= 4 is 31.4 Å². The van der Waals surface area contributed by atoms with Crippen LogP contribution < -0.4 is 0 Å². The van der Waals surface area contributed by atoms with Crippen molar-refractivity contribution in [2.24, 2.45) is 0 Å². The standard InChI is InChI=1S/C41H50NO12P/c1-4-6-24-51-55(47,52-25-7-5-2)54-41-36(42-39(45)32-20-14-15-21-33(32)40(42)46)38(50-27-31-18-12-9-13-19-31)37(49-26-30-16-10-8-11-17-30)34(53-41)28-48-35(44)23-22-29(3)43/h8-21,34,36-38,41H,4-7,22-28H2,1-3H3/t34-,36-,37-,38-,41+/m1/s1. The van der Waals surface area contributed by atoms with Gasteiger partial charge in [0, 0.05) is 6.42 Å². The van der Waals surface area contributed by atoms with E-state index in [4.69, 9.17) is 32.5 Å². The van der Waals surface area contributed by atoms with Crippen molar-refractivity contribution in [2.75, 3.05) is 19.8 Å². The lowest BCUT2D eigenvalue weighted by atomic mass is 9.94. The molecule has 2 aliphatic rings. The Morgan fingerprint density at radius 1 is 0.727 bits per heavy atom. The first-order chi connectivity index (χ1) is 26.6. The predicted octanol–water partition coefficient (Wildman–Crippen LogP) is 7.22. The van der Waals surface area contributed by atoms with Gasteiger partial charge in [0.05, 0.1) is 44.0 Å². The number of fused-ring (bicyclic) bond motifs is 1. The fourth-order valence-electron chi connectivity index (χ4n) is 6.18. The number of hydrogen-bond donors (Lipinski definition) is 0. The summed E-state index contributed by atoms with van der Waals surface area (Å²) in [6.07, 6.45) is -2.72. The lowest BCUT2D eigenvalue weighted by Crippen LogP contribution is -2.67. The molecule has 2 aliphatic heterocycles. The van der Waals surface area contributed by atoms with Crippen molar-refractivity contribution in [1.29, 1.82) is 0 Å².